The molecule has 592 valence electrons. The topological polar surface area (TPSA) is 247 Å². The van der Waals surface area contributed by atoms with Gasteiger partial charge in [0.1, 0.15) is 72.9 Å². The van der Waals surface area contributed by atoms with E-state index in [9.17, 15) is 39.6 Å². The van der Waals surface area contributed by atoms with Crippen LogP contribution in [0.1, 0.15) is 194 Å². The van der Waals surface area contributed by atoms with E-state index in [0.717, 1.165) is 22.3 Å². The molecule has 4 amide bonds. The lowest BCUT2D eigenvalue weighted by Crippen LogP contribution is -2.50. The molecule has 0 aromatic heterocycles. The molecule has 8 N–H and O–H groups in total. The number of ether oxygens (including phenoxy) is 4. The van der Waals surface area contributed by atoms with Crippen LogP contribution in [0, 0.1) is 23.7 Å². The lowest BCUT2D eigenvalue weighted by molar-refractivity contribution is -0.128. The molecule has 8 aromatic rings. The van der Waals surface area contributed by atoms with E-state index in [4.69, 9.17) is 18.9 Å². The summed E-state index contributed by atoms with van der Waals surface area (Å²) in [4.78, 5) is 65.9. The third-order valence-corrected chi connectivity index (χ3v) is 23.4. The van der Waals surface area contributed by atoms with Crippen molar-refractivity contribution in [2.75, 3.05) is 55.1 Å². The number of carbonyl (C=O) groups excluding carboxylic acids is 4. The molecule has 8 bridgehead atoms. The molecule has 13 rings (SSSR count). The van der Waals surface area contributed by atoms with Crippen LogP contribution < -0.4 is 40.2 Å². The average Bonchev–Trinajstić information content (AvgIpc) is 0.726. The van der Waals surface area contributed by atoms with Gasteiger partial charge in [-0.25, -0.2) is 0 Å². The van der Waals surface area contributed by atoms with Gasteiger partial charge in [0.15, 0.2) is 0 Å². The van der Waals surface area contributed by atoms with Gasteiger partial charge in [-0.3, -0.25) is 38.8 Å². The summed E-state index contributed by atoms with van der Waals surface area (Å²) in [5.74, 6) is -2.40. The Morgan fingerprint density at radius 3 is 0.679 bits per heavy atom. The summed E-state index contributed by atoms with van der Waals surface area (Å²) < 4.78 is 29.0. The number of hydrogen-bond donors (Lipinski definition) is 8. The van der Waals surface area contributed by atoms with Gasteiger partial charge in [0.05, 0.1) is 46.4 Å². The zero-order valence-electron chi connectivity index (χ0n) is 66.9. The molecule has 0 saturated carbocycles. The fourth-order valence-electron chi connectivity index (χ4n) is 17.9. The number of phenols is 4. The highest BCUT2D eigenvalue weighted by Gasteiger charge is 2.45. The number of aromatic hydroxyl groups is 4. The zero-order valence-corrected chi connectivity index (χ0v) is 66.9. The number of rotatable bonds is 24. The maximum absolute atomic E-state index is 14.5. The maximum atomic E-state index is 14.5. The van der Waals surface area contributed by atoms with Crippen LogP contribution in [-0.4, -0.2) is 143 Å². The van der Waals surface area contributed by atoms with E-state index in [-0.39, 0.29) is 123 Å². The monoisotopic (exact) mass is 1520 g/mol. The van der Waals surface area contributed by atoms with Gasteiger partial charge in [0.25, 0.3) is 0 Å². The largest absolute Gasteiger partial charge is 0.507 e. The zero-order chi connectivity index (χ0) is 79.3. The van der Waals surface area contributed by atoms with Crippen molar-refractivity contribution in [3.05, 3.63) is 235 Å². The number of benzene rings is 8. The van der Waals surface area contributed by atoms with Crippen LogP contribution in [0.3, 0.4) is 0 Å². The first-order valence-corrected chi connectivity index (χ1v) is 40.0. The standard InChI is InChI=1S/C92H112N8O12/c1-53(2)33-61-65-41-70(86-73(81(65)101)45-97(50-110-86)77(89(105)93-9)37-57-25-17-13-18-26-57)63(35-55(5)6)67-43-72(88-75(83(67)103)47-99(52-112-88)79(91(107)95-11)39-59-29-21-15-22-30-59)64(36-56(7)8)68-44-71(87-76(84(68)104)48-100(51-111-87)80(92(108)96-12)40-60-31-23-16-24-32-60)62(34-54(3)4)66-42-69(61)85-74(82(66)102)46-98(49-109-85)78(90(106)94-10)38-58-27-19-14-20-28-58/h13-32,41-44,53-56,61-64,77-80,101-104H,33-40,45-52H2,1-12H3,(H,93,105)(H,94,106)(H,95,107)(H,96,108)/t61-,62-,63-,64-,77+,78+,79+,80+/m1/s1. The van der Waals surface area contributed by atoms with Crippen LogP contribution in [0.5, 0.6) is 46.0 Å². The van der Waals surface area contributed by atoms with Crippen molar-refractivity contribution in [2.24, 2.45) is 23.7 Å². The number of amides is 4. The molecule has 8 aromatic carbocycles. The van der Waals surface area contributed by atoms with Crippen molar-refractivity contribution >= 4 is 23.6 Å². The van der Waals surface area contributed by atoms with Gasteiger partial charge in [-0.15, -0.1) is 0 Å². The van der Waals surface area contributed by atoms with E-state index in [1.54, 1.807) is 28.2 Å². The molecule has 8 atom stereocenters. The molecule has 0 radical (unpaired) electrons. The van der Waals surface area contributed by atoms with Crippen molar-refractivity contribution < 1.29 is 58.6 Å². The van der Waals surface area contributed by atoms with Gasteiger partial charge in [0.2, 0.25) is 23.6 Å². The van der Waals surface area contributed by atoms with Crippen LogP contribution in [-0.2, 0) is 71.0 Å². The Labute approximate surface area is 659 Å². The molecule has 5 aliphatic rings. The first-order valence-electron chi connectivity index (χ1n) is 40.0. The van der Waals surface area contributed by atoms with Gasteiger partial charge in [-0.2, -0.15) is 0 Å². The highest BCUT2D eigenvalue weighted by molar-refractivity contribution is 5.84. The summed E-state index contributed by atoms with van der Waals surface area (Å²) in [6.45, 7) is 17.3. The number of likely N-dealkylation sites (N-methyl/N-ethyl adjacent to an activating group) is 4. The van der Waals surface area contributed by atoms with E-state index >= 15 is 0 Å². The second-order valence-electron chi connectivity index (χ2n) is 32.9. The van der Waals surface area contributed by atoms with Crippen LogP contribution in [0.15, 0.2) is 146 Å². The molecule has 112 heavy (non-hydrogen) atoms. The molecule has 4 aliphatic heterocycles. The van der Waals surface area contributed by atoms with E-state index in [2.05, 4.69) is 101 Å². The van der Waals surface area contributed by atoms with E-state index in [0.29, 0.717) is 141 Å². The Hall–Kier alpha value is -10.1. The summed E-state index contributed by atoms with van der Waals surface area (Å²) in [5, 5.41) is 68.0. The average molecular weight is 1520 g/mol. The molecule has 20 heteroatoms. The lowest BCUT2D eigenvalue weighted by atomic mass is 9.73. The summed E-state index contributed by atoms with van der Waals surface area (Å²) in [7, 11) is 6.51. The number of nitrogens with zero attached hydrogens (tertiary/aromatic N) is 4. The van der Waals surface area contributed by atoms with E-state index < -0.39 is 47.8 Å². The second kappa shape index (κ2) is 34.9. The van der Waals surface area contributed by atoms with Gasteiger partial charge < -0.3 is 60.6 Å². The lowest BCUT2D eigenvalue weighted by Gasteiger charge is -2.40. The van der Waals surface area contributed by atoms with Crippen molar-refractivity contribution in [3.63, 3.8) is 0 Å². The molecule has 1 aliphatic carbocycles. The first kappa shape index (κ1) is 79.9. The minimum absolute atomic E-state index is 0.0363. The van der Waals surface area contributed by atoms with Crippen LogP contribution >= 0.6 is 0 Å². The number of fused-ring (bicyclic) bond motifs is 16. The Kier molecular flexibility index (Phi) is 24.9. The van der Waals surface area contributed by atoms with Gasteiger partial charge in [-0.05, 0) is 122 Å². The Bertz CT molecular complexity index is 4100. The minimum atomic E-state index is -0.747. The number of phenolic OH excluding ortho intramolecular Hbond substituents is 4. The van der Waals surface area contributed by atoms with Crippen molar-refractivity contribution in [1.29, 1.82) is 0 Å². The molecule has 20 nitrogen and oxygen atoms in total. The summed E-state index contributed by atoms with van der Waals surface area (Å²) >= 11 is 0. The predicted molar refractivity (Wildman–Crippen MR) is 434 cm³/mol. The second-order valence-corrected chi connectivity index (χ2v) is 32.9. The van der Waals surface area contributed by atoms with Gasteiger partial charge >= 0.3 is 0 Å². The maximum Gasteiger partial charge on any atom is 0.237 e. The predicted octanol–water partition coefficient (Wildman–Crippen LogP) is 13.6. The van der Waals surface area contributed by atoms with Crippen LogP contribution in [0.4, 0.5) is 0 Å². The quantitative estimate of drug-likeness (QED) is 0.0280. The molecule has 0 saturated heterocycles. The van der Waals surface area contributed by atoms with Gasteiger partial charge in [0, 0.05) is 123 Å². The fourth-order valence-corrected chi connectivity index (χ4v) is 17.9. The molecule has 4 heterocycles. The van der Waals surface area contributed by atoms with Crippen LogP contribution in [0.2, 0.25) is 0 Å². The fraction of sp³-hybridized carbons (Fsp3) is 0.435. The van der Waals surface area contributed by atoms with Crippen molar-refractivity contribution in [3.8, 4) is 46.0 Å². The minimum Gasteiger partial charge on any atom is -0.507 e. The molecule has 0 fully saturated rings. The number of hydrogen-bond acceptors (Lipinski definition) is 16. The summed E-state index contributed by atoms with van der Waals surface area (Å²) in [6, 6.07) is 44.7. The Balaban J connectivity index is 1.14. The molecular formula is C92H112N8O12. The Morgan fingerprint density at radius 2 is 0.509 bits per heavy atom. The summed E-state index contributed by atoms with van der Waals surface area (Å²) in [5.41, 5.74) is 10.5. The number of nitrogens with one attached hydrogen (secondary N) is 4. The van der Waals surface area contributed by atoms with E-state index in [1.165, 1.54) is 0 Å². The first-order chi connectivity index (χ1) is 54.0. The third kappa shape index (κ3) is 16.7. The SMILES string of the molecule is CNC(=O)[C@H](Cc1ccccc1)N1COc2c3cc(c(O)c2C1)[C@@H](CC(C)C)c1cc(c(O)c2c1OCN([C@@H](Cc1ccccc1)C(=O)NC)C2)[C@@H](CC(C)C)c1cc(c(O)c2c1OCN([C@@H](Cc1ccccc1)C(=O)NC)C2)[C@@H](CC(C)C)c1cc(c(O)c2c1OCN([C@@H](Cc1ccccc1)C(=O)NC)C2)[C@H]3CC(C)C. The van der Waals surface area contributed by atoms with E-state index in [1.807, 2.05) is 141 Å². The van der Waals surface area contributed by atoms with Crippen LogP contribution in [0.25, 0.3) is 0 Å². The van der Waals surface area contributed by atoms with Gasteiger partial charge in [-0.1, -0.05) is 177 Å². The smallest absolute Gasteiger partial charge is 0.237 e. The molecule has 0 unspecified atom stereocenters. The molecule has 0 spiro atoms. The highest BCUT2D eigenvalue weighted by atomic mass is 16.5. The highest BCUT2D eigenvalue weighted by Crippen LogP contribution is 2.59. The Morgan fingerprint density at radius 1 is 0.321 bits per heavy atom. The molecular weight excluding hydrogens is 1410 g/mol. The van der Waals surface area contributed by atoms with Crippen molar-refractivity contribution in [1.82, 2.24) is 40.9 Å². The normalized spacial score (nSPS) is 18.8. The summed E-state index contributed by atoms with van der Waals surface area (Å²) in [6.07, 6.45) is 3.10. The number of carbonyl (C=O) groups is 4. The van der Waals surface area contributed by atoms with Crippen molar-refractivity contribution in [2.45, 2.75) is 181 Å². The third-order valence-electron chi connectivity index (χ3n) is 23.4.